The fourth-order valence-corrected chi connectivity index (χ4v) is 4.09. The number of carbonyl (C=O) groups is 1. The van der Waals surface area contributed by atoms with Gasteiger partial charge in [0.2, 0.25) is 11.9 Å². The summed E-state index contributed by atoms with van der Waals surface area (Å²) in [5.41, 5.74) is 0.253. The Labute approximate surface area is 227 Å². The van der Waals surface area contributed by atoms with Gasteiger partial charge in [-0.1, -0.05) is 83.8 Å². The van der Waals surface area contributed by atoms with E-state index in [4.69, 9.17) is 4.74 Å². The minimum Gasteiger partial charge on any atom is -0.494 e. The first kappa shape index (κ1) is 32.4. The van der Waals surface area contributed by atoms with Crippen LogP contribution in [-0.4, -0.2) is 25.0 Å². The molecule has 0 fully saturated rings. The second-order valence-electron chi connectivity index (χ2n) is 9.58. The monoisotopic (exact) mass is 558 g/mol. The van der Waals surface area contributed by atoms with Crippen molar-refractivity contribution in [2.24, 2.45) is 0 Å². The molecule has 0 radical (unpaired) electrons. The Morgan fingerprint density at radius 1 is 0.769 bits per heavy atom. The highest BCUT2D eigenvalue weighted by Crippen LogP contribution is 2.32. The summed E-state index contributed by atoms with van der Waals surface area (Å²) in [5, 5.41) is 0. The molecule has 0 saturated heterocycles. The second kappa shape index (κ2) is 17.0. The quantitative estimate of drug-likeness (QED) is 0.0839. The molecule has 0 aromatic heterocycles. The van der Waals surface area contributed by atoms with Crippen LogP contribution in [0.1, 0.15) is 90.9 Å². The summed E-state index contributed by atoms with van der Waals surface area (Å²) in [6.45, 7) is 4.71. The van der Waals surface area contributed by atoms with E-state index in [-0.39, 0.29) is 12.0 Å². The van der Waals surface area contributed by atoms with Crippen molar-refractivity contribution >= 4 is 6.16 Å². The second-order valence-corrected chi connectivity index (χ2v) is 9.58. The van der Waals surface area contributed by atoms with Crippen LogP contribution in [0, 0.1) is 11.6 Å². The van der Waals surface area contributed by atoms with E-state index < -0.39 is 42.2 Å². The SMILES string of the molecule is CCCCCCCCOc1ccc(-c2ccc(OC(=O)OC(CCCCCCC)C(F)(F)F)c(F)c2F)cc1. The molecule has 9 heteroatoms. The first-order valence-corrected chi connectivity index (χ1v) is 13.8. The van der Waals surface area contributed by atoms with Gasteiger partial charge in [-0.25, -0.2) is 9.18 Å². The van der Waals surface area contributed by atoms with Gasteiger partial charge in [0.25, 0.3) is 0 Å². The van der Waals surface area contributed by atoms with E-state index in [0.29, 0.717) is 24.3 Å². The summed E-state index contributed by atoms with van der Waals surface area (Å²) in [6.07, 6.45) is 0.823. The third-order valence-electron chi connectivity index (χ3n) is 6.35. The molecule has 1 atom stereocenters. The van der Waals surface area contributed by atoms with E-state index in [0.717, 1.165) is 38.2 Å². The lowest BCUT2D eigenvalue weighted by Crippen LogP contribution is -2.34. The molecule has 4 nitrogen and oxygen atoms in total. The summed E-state index contributed by atoms with van der Waals surface area (Å²) < 4.78 is 84.0. The van der Waals surface area contributed by atoms with E-state index in [1.807, 2.05) is 6.92 Å². The highest BCUT2D eigenvalue weighted by Gasteiger charge is 2.43. The number of unbranched alkanes of at least 4 members (excludes halogenated alkanes) is 9. The Balaban J connectivity index is 1.94. The molecule has 0 aliphatic carbocycles. The van der Waals surface area contributed by atoms with Crippen molar-refractivity contribution in [3.63, 3.8) is 0 Å². The van der Waals surface area contributed by atoms with Crippen molar-refractivity contribution in [3.8, 4) is 22.6 Å². The van der Waals surface area contributed by atoms with Gasteiger partial charge in [0.15, 0.2) is 11.6 Å². The van der Waals surface area contributed by atoms with Crippen molar-refractivity contribution in [2.75, 3.05) is 6.61 Å². The summed E-state index contributed by atoms with van der Waals surface area (Å²) in [7, 11) is 0. The highest BCUT2D eigenvalue weighted by atomic mass is 19.4. The van der Waals surface area contributed by atoms with E-state index >= 15 is 0 Å². The molecule has 0 saturated carbocycles. The van der Waals surface area contributed by atoms with Gasteiger partial charge in [-0.2, -0.15) is 17.6 Å². The van der Waals surface area contributed by atoms with Crippen LogP contribution in [0.5, 0.6) is 11.5 Å². The third kappa shape index (κ3) is 11.4. The van der Waals surface area contributed by atoms with Crippen LogP contribution in [0.3, 0.4) is 0 Å². The fourth-order valence-electron chi connectivity index (χ4n) is 4.09. The Kier molecular flexibility index (Phi) is 14.1. The first-order chi connectivity index (χ1) is 18.7. The van der Waals surface area contributed by atoms with Crippen molar-refractivity contribution < 1.29 is 41.0 Å². The number of benzene rings is 2. The maximum atomic E-state index is 14.8. The van der Waals surface area contributed by atoms with Crippen molar-refractivity contribution in [1.29, 1.82) is 0 Å². The number of hydrogen-bond donors (Lipinski definition) is 0. The number of alkyl halides is 3. The molecule has 218 valence electrons. The normalized spacial score (nSPS) is 12.3. The molecule has 0 aliphatic rings. The Hall–Kier alpha value is -2.84. The number of hydrogen-bond acceptors (Lipinski definition) is 4. The molecule has 0 aliphatic heterocycles. The number of rotatable bonds is 17. The zero-order valence-electron chi connectivity index (χ0n) is 22.8. The lowest BCUT2D eigenvalue weighted by molar-refractivity contribution is -0.208. The maximum absolute atomic E-state index is 14.8. The van der Waals surface area contributed by atoms with Gasteiger partial charge in [-0.05, 0) is 49.1 Å². The fraction of sp³-hybridized carbons (Fsp3) is 0.567. The van der Waals surface area contributed by atoms with Crippen LogP contribution in [0.4, 0.5) is 26.7 Å². The molecule has 39 heavy (non-hydrogen) atoms. The molecule has 2 aromatic carbocycles. The smallest absolute Gasteiger partial charge is 0.494 e. The standard InChI is InChI=1S/C30H39F5O4/c1-3-5-7-9-11-13-21-37-23-17-15-22(16-18-23)24-19-20-25(28(32)27(24)31)38-29(36)39-26(30(33,34)35)14-12-10-8-6-4-2/h15-20,26H,3-14,21H2,1-2H3. The van der Waals surface area contributed by atoms with E-state index in [9.17, 15) is 26.7 Å². The zero-order chi connectivity index (χ0) is 28.7. The van der Waals surface area contributed by atoms with Crippen molar-refractivity contribution in [2.45, 2.75) is 103 Å². The molecule has 0 spiro atoms. The Bertz CT molecular complexity index is 992. The Morgan fingerprint density at radius 2 is 1.36 bits per heavy atom. The van der Waals surface area contributed by atoms with Crippen LogP contribution in [0.25, 0.3) is 11.1 Å². The van der Waals surface area contributed by atoms with E-state index in [1.54, 1.807) is 24.3 Å². The summed E-state index contributed by atoms with van der Waals surface area (Å²) in [4.78, 5) is 12.0. The van der Waals surface area contributed by atoms with Crippen LogP contribution in [-0.2, 0) is 4.74 Å². The molecule has 0 N–H and O–H groups in total. The van der Waals surface area contributed by atoms with Crippen LogP contribution < -0.4 is 9.47 Å². The van der Waals surface area contributed by atoms with Gasteiger partial charge in [-0.15, -0.1) is 0 Å². The molecule has 0 amide bonds. The van der Waals surface area contributed by atoms with Crippen LogP contribution in [0.2, 0.25) is 0 Å². The van der Waals surface area contributed by atoms with E-state index in [2.05, 4.69) is 16.4 Å². The Morgan fingerprint density at radius 3 is 1.97 bits per heavy atom. The van der Waals surface area contributed by atoms with Gasteiger partial charge >= 0.3 is 12.3 Å². The highest BCUT2D eigenvalue weighted by molar-refractivity contribution is 5.68. The third-order valence-corrected chi connectivity index (χ3v) is 6.35. The minimum absolute atomic E-state index is 0.101. The van der Waals surface area contributed by atoms with Crippen molar-refractivity contribution in [1.82, 2.24) is 0 Å². The molecule has 0 heterocycles. The summed E-state index contributed by atoms with van der Waals surface area (Å²) >= 11 is 0. The molecule has 2 rings (SSSR count). The first-order valence-electron chi connectivity index (χ1n) is 13.8. The predicted octanol–water partition coefficient (Wildman–Crippen LogP) is 10.2. The molecular formula is C30H39F5O4. The predicted molar refractivity (Wildman–Crippen MR) is 141 cm³/mol. The molecule has 0 bridgehead atoms. The molecular weight excluding hydrogens is 519 g/mol. The number of ether oxygens (including phenoxy) is 3. The number of halogens is 5. The van der Waals surface area contributed by atoms with Gasteiger partial charge in [0.1, 0.15) is 5.75 Å². The van der Waals surface area contributed by atoms with Gasteiger partial charge < -0.3 is 14.2 Å². The molecule has 1 unspecified atom stereocenters. The molecule has 2 aromatic rings. The maximum Gasteiger partial charge on any atom is 0.514 e. The van der Waals surface area contributed by atoms with Gasteiger partial charge in [0, 0.05) is 5.56 Å². The largest absolute Gasteiger partial charge is 0.514 e. The summed E-state index contributed by atoms with van der Waals surface area (Å²) in [5.74, 6) is -3.07. The lowest BCUT2D eigenvalue weighted by Gasteiger charge is -2.20. The van der Waals surface area contributed by atoms with Gasteiger partial charge in [-0.3, -0.25) is 0 Å². The topological polar surface area (TPSA) is 44.8 Å². The zero-order valence-corrected chi connectivity index (χ0v) is 22.8. The van der Waals surface area contributed by atoms with Gasteiger partial charge in [0.05, 0.1) is 6.61 Å². The number of carbonyl (C=O) groups excluding carboxylic acids is 1. The van der Waals surface area contributed by atoms with Crippen LogP contribution in [0.15, 0.2) is 36.4 Å². The average molecular weight is 559 g/mol. The summed E-state index contributed by atoms with van der Waals surface area (Å²) in [6, 6.07) is 8.58. The minimum atomic E-state index is -4.80. The van der Waals surface area contributed by atoms with E-state index in [1.165, 1.54) is 31.7 Å². The van der Waals surface area contributed by atoms with Crippen molar-refractivity contribution in [3.05, 3.63) is 48.0 Å². The average Bonchev–Trinajstić information content (AvgIpc) is 2.90. The van der Waals surface area contributed by atoms with Crippen LogP contribution >= 0.6 is 0 Å². The lowest BCUT2D eigenvalue weighted by atomic mass is 10.0.